The minimum Gasteiger partial charge on any atom is -0.477 e. The Morgan fingerprint density at radius 1 is 1.59 bits per heavy atom. The largest absolute Gasteiger partial charge is 0.477 e. The summed E-state index contributed by atoms with van der Waals surface area (Å²) in [5.41, 5.74) is 1.69. The molecular weight excluding hydrogens is 242 g/mol. The second kappa shape index (κ2) is 4.55. The molecule has 0 aliphatic rings. The zero-order chi connectivity index (χ0) is 12.4. The molecule has 0 aromatic carbocycles. The molecule has 6 heteroatoms. The highest BCUT2D eigenvalue weighted by atomic mass is 35.5. The molecule has 0 bridgehead atoms. The summed E-state index contributed by atoms with van der Waals surface area (Å²) in [6.45, 7) is 2.33. The first-order valence-electron chi connectivity index (χ1n) is 4.94. The van der Waals surface area contributed by atoms with E-state index in [1.807, 2.05) is 6.92 Å². The van der Waals surface area contributed by atoms with Crippen LogP contribution in [0, 0.1) is 6.92 Å². The van der Waals surface area contributed by atoms with Crippen molar-refractivity contribution in [1.29, 1.82) is 0 Å². The molecule has 0 spiro atoms. The van der Waals surface area contributed by atoms with E-state index in [9.17, 15) is 4.79 Å². The molecular formula is C11H10ClN3O2. The van der Waals surface area contributed by atoms with Crippen LogP contribution in [0.4, 0.5) is 0 Å². The smallest absolute Gasteiger partial charge is 0.354 e. The van der Waals surface area contributed by atoms with E-state index in [1.54, 1.807) is 16.9 Å². The molecule has 1 N–H and O–H groups in total. The molecule has 5 nitrogen and oxygen atoms in total. The van der Waals surface area contributed by atoms with Crippen molar-refractivity contribution in [2.75, 3.05) is 0 Å². The average Bonchev–Trinajstić information content (AvgIpc) is 2.61. The van der Waals surface area contributed by atoms with Crippen LogP contribution in [-0.2, 0) is 6.54 Å². The van der Waals surface area contributed by atoms with Crippen LogP contribution in [0.25, 0.3) is 0 Å². The fourth-order valence-corrected chi connectivity index (χ4v) is 1.59. The van der Waals surface area contributed by atoms with Crippen LogP contribution < -0.4 is 0 Å². The van der Waals surface area contributed by atoms with E-state index >= 15 is 0 Å². The van der Waals surface area contributed by atoms with Crippen LogP contribution in [-0.4, -0.2) is 25.8 Å². The second-order valence-electron chi connectivity index (χ2n) is 3.59. The number of carboxylic acid groups (broad SMARTS) is 1. The van der Waals surface area contributed by atoms with Crippen molar-refractivity contribution in [2.24, 2.45) is 0 Å². The highest BCUT2D eigenvalue weighted by Gasteiger charge is 2.08. The number of aromatic nitrogens is 3. The highest BCUT2D eigenvalue weighted by molar-refractivity contribution is 6.31. The molecule has 0 aliphatic heterocycles. The van der Waals surface area contributed by atoms with Gasteiger partial charge in [-0.05, 0) is 24.6 Å². The third kappa shape index (κ3) is 2.45. The number of hydrogen-bond donors (Lipinski definition) is 1. The lowest BCUT2D eigenvalue weighted by Crippen LogP contribution is -2.06. The van der Waals surface area contributed by atoms with E-state index in [0.717, 1.165) is 11.3 Å². The number of nitrogens with zero attached hydrogens (tertiary/aromatic N) is 3. The van der Waals surface area contributed by atoms with Gasteiger partial charge in [0.15, 0.2) is 0 Å². The lowest BCUT2D eigenvalue weighted by molar-refractivity contribution is 0.0690. The number of pyridine rings is 1. The maximum Gasteiger partial charge on any atom is 0.354 e. The Hall–Kier alpha value is -1.88. The molecule has 0 amide bonds. The number of halogens is 1. The fourth-order valence-electron chi connectivity index (χ4n) is 1.45. The number of hydrogen-bond acceptors (Lipinski definition) is 3. The van der Waals surface area contributed by atoms with Gasteiger partial charge in [-0.25, -0.2) is 9.78 Å². The maximum atomic E-state index is 10.8. The molecule has 2 rings (SSSR count). The zero-order valence-electron chi connectivity index (χ0n) is 9.09. The van der Waals surface area contributed by atoms with Gasteiger partial charge in [0.1, 0.15) is 5.69 Å². The second-order valence-corrected chi connectivity index (χ2v) is 4.00. The van der Waals surface area contributed by atoms with E-state index < -0.39 is 5.97 Å². The molecule has 17 heavy (non-hydrogen) atoms. The van der Waals surface area contributed by atoms with Gasteiger partial charge in [-0.3, -0.25) is 4.68 Å². The van der Waals surface area contributed by atoms with Crippen LogP contribution in [0.5, 0.6) is 0 Å². The van der Waals surface area contributed by atoms with Gasteiger partial charge < -0.3 is 5.11 Å². The standard InChI is InChI=1S/C11H10ClN3O2/c1-7-9(12)5-14-15(7)6-8-2-3-13-10(4-8)11(16)17/h2-5H,6H2,1H3,(H,16,17). The molecule has 0 atom stereocenters. The predicted octanol–water partition coefficient (Wildman–Crippen LogP) is 1.99. The van der Waals surface area contributed by atoms with Crippen molar-refractivity contribution in [3.8, 4) is 0 Å². The van der Waals surface area contributed by atoms with Crippen molar-refractivity contribution < 1.29 is 9.90 Å². The molecule has 0 unspecified atom stereocenters. The molecule has 0 saturated carbocycles. The van der Waals surface area contributed by atoms with Gasteiger partial charge in [-0.2, -0.15) is 5.10 Å². The summed E-state index contributed by atoms with van der Waals surface area (Å²) in [7, 11) is 0. The zero-order valence-corrected chi connectivity index (χ0v) is 9.85. The summed E-state index contributed by atoms with van der Waals surface area (Å²) >= 11 is 5.89. The summed E-state index contributed by atoms with van der Waals surface area (Å²) < 4.78 is 1.71. The van der Waals surface area contributed by atoms with Gasteiger partial charge in [0, 0.05) is 6.20 Å². The van der Waals surface area contributed by atoms with E-state index in [1.165, 1.54) is 12.3 Å². The van der Waals surface area contributed by atoms with E-state index in [-0.39, 0.29) is 5.69 Å². The van der Waals surface area contributed by atoms with Crippen molar-refractivity contribution in [3.05, 3.63) is 46.5 Å². The van der Waals surface area contributed by atoms with Crippen LogP contribution in [0.15, 0.2) is 24.5 Å². The number of aromatic carboxylic acids is 1. The molecule has 0 fully saturated rings. The fraction of sp³-hybridized carbons (Fsp3) is 0.182. The Kier molecular flexibility index (Phi) is 3.10. The Balaban J connectivity index is 2.27. The van der Waals surface area contributed by atoms with Gasteiger partial charge in [0.2, 0.25) is 0 Å². The number of carboxylic acids is 1. The van der Waals surface area contributed by atoms with Crippen LogP contribution in [0.1, 0.15) is 21.7 Å². The maximum absolute atomic E-state index is 10.8. The predicted molar refractivity (Wildman–Crippen MR) is 62.3 cm³/mol. The van der Waals surface area contributed by atoms with Gasteiger partial charge in [-0.15, -0.1) is 0 Å². The highest BCUT2D eigenvalue weighted by Crippen LogP contribution is 2.14. The topological polar surface area (TPSA) is 68.0 Å². The first kappa shape index (κ1) is 11.6. The molecule has 2 aromatic rings. The summed E-state index contributed by atoms with van der Waals surface area (Å²) in [4.78, 5) is 14.5. The monoisotopic (exact) mass is 251 g/mol. The lowest BCUT2D eigenvalue weighted by Gasteiger charge is -2.05. The first-order valence-corrected chi connectivity index (χ1v) is 5.32. The summed E-state index contributed by atoms with van der Waals surface area (Å²) in [6, 6.07) is 3.28. The third-order valence-corrected chi connectivity index (χ3v) is 2.79. The Labute approximate surface area is 103 Å². The van der Waals surface area contributed by atoms with Crippen molar-refractivity contribution in [3.63, 3.8) is 0 Å². The van der Waals surface area contributed by atoms with Crippen LogP contribution in [0.2, 0.25) is 5.02 Å². The first-order chi connectivity index (χ1) is 8.08. The van der Waals surface area contributed by atoms with Gasteiger partial charge in [0.05, 0.1) is 23.5 Å². The van der Waals surface area contributed by atoms with Gasteiger partial charge in [0.25, 0.3) is 0 Å². The van der Waals surface area contributed by atoms with E-state index in [0.29, 0.717) is 11.6 Å². The summed E-state index contributed by atoms with van der Waals surface area (Å²) in [6.07, 6.45) is 3.04. The molecule has 0 radical (unpaired) electrons. The third-order valence-electron chi connectivity index (χ3n) is 2.42. The average molecular weight is 252 g/mol. The summed E-state index contributed by atoms with van der Waals surface area (Å²) in [5.74, 6) is -1.04. The van der Waals surface area contributed by atoms with E-state index in [2.05, 4.69) is 10.1 Å². The molecule has 0 aliphatic carbocycles. The van der Waals surface area contributed by atoms with Gasteiger partial charge in [-0.1, -0.05) is 11.6 Å². The quantitative estimate of drug-likeness (QED) is 0.906. The molecule has 2 heterocycles. The molecule has 2 aromatic heterocycles. The normalized spacial score (nSPS) is 10.5. The van der Waals surface area contributed by atoms with Crippen LogP contribution >= 0.6 is 11.6 Å². The van der Waals surface area contributed by atoms with Gasteiger partial charge >= 0.3 is 5.97 Å². The lowest BCUT2D eigenvalue weighted by atomic mass is 10.2. The van der Waals surface area contributed by atoms with E-state index in [4.69, 9.17) is 16.7 Å². The number of carbonyl (C=O) groups is 1. The minimum absolute atomic E-state index is 0.0263. The Bertz CT molecular complexity index is 566. The summed E-state index contributed by atoms with van der Waals surface area (Å²) in [5, 5.41) is 13.5. The molecule has 0 saturated heterocycles. The Morgan fingerprint density at radius 3 is 2.94 bits per heavy atom. The minimum atomic E-state index is -1.04. The molecule has 88 valence electrons. The SMILES string of the molecule is Cc1c(Cl)cnn1Cc1ccnc(C(=O)O)c1. The van der Waals surface area contributed by atoms with Crippen molar-refractivity contribution in [1.82, 2.24) is 14.8 Å². The van der Waals surface area contributed by atoms with Crippen molar-refractivity contribution in [2.45, 2.75) is 13.5 Å². The Morgan fingerprint density at radius 2 is 2.35 bits per heavy atom. The van der Waals surface area contributed by atoms with Crippen molar-refractivity contribution >= 4 is 17.6 Å². The van der Waals surface area contributed by atoms with Crippen LogP contribution in [0.3, 0.4) is 0 Å². The number of rotatable bonds is 3.